The van der Waals surface area contributed by atoms with Crippen LogP contribution in [0.2, 0.25) is 0 Å². The number of pyridine rings is 1. The average Bonchev–Trinajstić information content (AvgIpc) is 2.17. The second-order valence-corrected chi connectivity index (χ2v) is 2.86. The van der Waals surface area contributed by atoms with Gasteiger partial charge in [0, 0.05) is 13.1 Å². The first-order valence-corrected chi connectivity index (χ1v) is 4.31. The number of hydrogen-bond acceptors (Lipinski definition) is 3. The van der Waals surface area contributed by atoms with Gasteiger partial charge in [-0.3, -0.25) is 10.2 Å². The summed E-state index contributed by atoms with van der Waals surface area (Å²) in [6.07, 6.45) is 3.06. The molecule has 0 saturated carbocycles. The molecule has 0 aliphatic carbocycles. The van der Waals surface area contributed by atoms with Crippen LogP contribution in [-0.2, 0) is 11.3 Å². The minimum atomic E-state index is -0.953. The van der Waals surface area contributed by atoms with Crippen molar-refractivity contribution in [1.29, 1.82) is 0 Å². The Labute approximate surface area is 86.5 Å². The van der Waals surface area contributed by atoms with Gasteiger partial charge in [-0.1, -0.05) is 0 Å². The number of carboxylic acids is 1. The lowest BCUT2D eigenvalue weighted by molar-refractivity contribution is -0.685. The molecule has 0 atom stereocenters. The van der Waals surface area contributed by atoms with Crippen molar-refractivity contribution in [2.45, 2.75) is 6.54 Å². The average molecular weight is 210 g/mol. The summed E-state index contributed by atoms with van der Waals surface area (Å²) in [5.74, 6) is -1.26. The Kier molecular flexibility index (Phi) is 3.75. The fourth-order valence-corrected chi connectivity index (χ4v) is 1.10. The second-order valence-electron chi connectivity index (χ2n) is 2.86. The zero-order chi connectivity index (χ0) is 11.3. The summed E-state index contributed by atoms with van der Waals surface area (Å²) in [4.78, 5) is 21.8. The highest BCUT2D eigenvalue weighted by molar-refractivity contribution is 5.93. The third-order valence-corrected chi connectivity index (χ3v) is 1.68. The predicted octanol–water partition coefficient (Wildman–Crippen LogP) is -1.08. The Morgan fingerprint density at radius 3 is 2.87 bits per heavy atom. The van der Waals surface area contributed by atoms with E-state index in [0.29, 0.717) is 5.56 Å². The smallest absolute Gasteiger partial charge is 0.370 e. The highest BCUT2D eigenvalue weighted by Gasteiger charge is 2.11. The topological polar surface area (TPSA) is 82.3 Å². The SMILES string of the molecule is CNNC(=O)c1ccc[n+](CC(=O)O)c1. The van der Waals surface area contributed by atoms with Crippen LogP contribution in [0.25, 0.3) is 0 Å². The zero-order valence-electron chi connectivity index (χ0n) is 8.23. The Bertz CT molecular complexity index is 379. The molecule has 0 aliphatic heterocycles. The summed E-state index contributed by atoms with van der Waals surface area (Å²) in [6.45, 7) is -0.166. The lowest BCUT2D eigenvalue weighted by Gasteiger charge is -2.01. The molecule has 3 N–H and O–H groups in total. The molecule has 0 aliphatic rings. The Hall–Kier alpha value is -1.95. The Balaban J connectivity index is 2.82. The van der Waals surface area contributed by atoms with Crippen LogP contribution in [0.15, 0.2) is 24.5 Å². The van der Waals surface area contributed by atoms with E-state index < -0.39 is 5.97 Å². The fraction of sp³-hybridized carbons (Fsp3) is 0.222. The van der Waals surface area contributed by atoms with Gasteiger partial charge in [0.05, 0.1) is 0 Å². The normalized spacial score (nSPS) is 9.67. The van der Waals surface area contributed by atoms with Crippen molar-refractivity contribution >= 4 is 11.9 Å². The summed E-state index contributed by atoms with van der Waals surface area (Å²) in [7, 11) is 1.58. The van der Waals surface area contributed by atoms with Gasteiger partial charge in [0.25, 0.3) is 5.91 Å². The van der Waals surface area contributed by atoms with Crippen molar-refractivity contribution in [2.75, 3.05) is 7.05 Å². The molecule has 0 aromatic carbocycles. The molecular weight excluding hydrogens is 198 g/mol. The van der Waals surface area contributed by atoms with E-state index in [-0.39, 0.29) is 12.5 Å². The lowest BCUT2D eigenvalue weighted by atomic mass is 10.3. The summed E-state index contributed by atoms with van der Waals surface area (Å²) >= 11 is 0. The molecule has 0 unspecified atom stereocenters. The summed E-state index contributed by atoms with van der Waals surface area (Å²) in [5, 5.41) is 8.57. The highest BCUT2D eigenvalue weighted by Crippen LogP contribution is 1.93. The van der Waals surface area contributed by atoms with Crippen LogP contribution in [0.5, 0.6) is 0 Å². The standard InChI is InChI=1S/C9H11N3O3/c1-10-11-9(15)7-3-2-4-12(5-7)6-8(13)14/h2-5,10H,6H2,1H3,(H-,11,13,14,15)/p+1. The van der Waals surface area contributed by atoms with E-state index >= 15 is 0 Å². The number of nitrogens with zero attached hydrogens (tertiary/aromatic N) is 1. The molecule has 0 fully saturated rings. The largest absolute Gasteiger partial charge is 0.477 e. The number of amides is 1. The van der Waals surface area contributed by atoms with E-state index in [1.165, 1.54) is 10.8 Å². The van der Waals surface area contributed by atoms with Crippen molar-refractivity contribution < 1.29 is 19.3 Å². The fourth-order valence-electron chi connectivity index (χ4n) is 1.10. The van der Waals surface area contributed by atoms with Crippen molar-refractivity contribution in [3.05, 3.63) is 30.1 Å². The minimum Gasteiger partial charge on any atom is -0.477 e. The maximum atomic E-state index is 11.3. The van der Waals surface area contributed by atoms with Gasteiger partial charge >= 0.3 is 5.97 Å². The predicted molar refractivity (Wildman–Crippen MR) is 50.8 cm³/mol. The number of aliphatic carboxylic acids is 1. The first kappa shape index (κ1) is 11.1. The number of hydrogen-bond donors (Lipinski definition) is 3. The van der Waals surface area contributed by atoms with Gasteiger partial charge in [-0.2, -0.15) is 4.57 Å². The van der Waals surface area contributed by atoms with Crippen LogP contribution in [-0.4, -0.2) is 24.0 Å². The van der Waals surface area contributed by atoms with Crippen molar-refractivity contribution in [1.82, 2.24) is 10.9 Å². The molecule has 1 amide bonds. The molecule has 80 valence electrons. The molecule has 1 heterocycles. The molecule has 0 spiro atoms. The maximum Gasteiger partial charge on any atom is 0.370 e. The van der Waals surface area contributed by atoms with Crippen LogP contribution in [0.3, 0.4) is 0 Å². The van der Waals surface area contributed by atoms with Crippen LogP contribution in [0, 0.1) is 0 Å². The minimum absolute atomic E-state index is 0.166. The van der Waals surface area contributed by atoms with Gasteiger partial charge in [-0.15, -0.1) is 0 Å². The number of nitrogens with one attached hydrogen (secondary N) is 2. The first-order chi connectivity index (χ1) is 7.13. The van der Waals surface area contributed by atoms with Gasteiger partial charge in [-0.05, 0) is 6.07 Å². The molecule has 6 nitrogen and oxygen atoms in total. The van der Waals surface area contributed by atoms with E-state index in [9.17, 15) is 9.59 Å². The van der Waals surface area contributed by atoms with Gasteiger partial charge < -0.3 is 5.11 Å². The lowest BCUT2D eigenvalue weighted by Crippen LogP contribution is -2.40. The number of hydrazine groups is 1. The number of carboxylic acid groups (broad SMARTS) is 1. The van der Waals surface area contributed by atoms with Gasteiger partial charge in [0.15, 0.2) is 12.4 Å². The maximum absolute atomic E-state index is 11.3. The summed E-state index contributed by atoms with van der Waals surface area (Å²) < 4.78 is 1.42. The van der Waals surface area contributed by atoms with E-state index in [1.54, 1.807) is 25.4 Å². The van der Waals surface area contributed by atoms with Crippen LogP contribution < -0.4 is 15.4 Å². The molecule has 0 saturated heterocycles. The van der Waals surface area contributed by atoms with Crippen molar-refractivity contribution in [2.24, 2.45) is 0 Å². The molecule has 15 heavy (non-hydrogen) atoms. The monoisotopic (exact) mass is 210 g/mol. The number of rotatable bonds is 4. The van der Waals surface area contributed by atoms with E-state index in [1.807, 2.05) is 0 Å². The zero-order valence-corrected chi connectivity index (χ0v) is 8.23. The Morgan fingerprint density at radius 1 is 1.53 bits per heavy atom. The number of aromatic nitrogens is 1. The van der Waals surface area contributed by atoms with E-state index in [2.05, 4.69) is 10.9 Å². The third-order valence-electron chi connectivity index (χ3n) is 1.68. The van der Waals surface area contributed by atoms with Gasteiger partial charge in [-0.25, -0.2) is 10.2 Å². The van der Waals surface area contributed by atoms with Gasteiger partial charge in [0.2, 0.25) is 6.54 Å². The van der Waals surface area contributed by atoms with Crippen LogP contribution in [0.4, 0.5) is 0 Å². The molecule has 1 aromatic heterocycles. The van der Waals surface area contributed by atoms with E-state index in [4.69, 9.17) is 5.11 Å². The van der Waals surface area contributed by atoms with Crippen molar-refractivity contribution in [3.63, 3.8) is 0 Å². The molecule has 6 heteroatoms. The van der Waals surface area contributed by atoms with Crippen molar-refractivity contribution in [3.8, 4) is 0 Å². The Morgan fingerprint density at radius 2 is 2.27 bits per heavy atom. The molecule has 1 aromatic rings. The first-order valence-electron chi connectivity index (χ1n) is 4.31. The summed E-state index contributed by atoms with van der Waals surface area (Å²) in [5.41, 5.74) is 5.29. The number of carbonyl (C=O) groups excluding carboxylic acids is 1. The molecular formula is C9H12N3O3+. The van der Waals surface area contributed by atoms with E-state index in [0.717, 1.165) is 0 Å². The number of carbonyl (C=O) groups is 2. The summed E-state index contributed by atoms with van der Waals surface area (Å²) in [6, 6.07) is 3.22. The third kappa shape index (κ3) is 3.35. The highest BCUT2D eigenvalue weighted by atomic mass is 16.4. The molecule has 1 rings (SSSR count). The van der Waals surface area contributed by atoms with Gasteiger partial charge in [0.1, 0.15) is 5.56 Å². The second kappa shape index (κ2) is 5.06. The van der Waals surface area contributed by atoms with Crippen LogP contribution in [0.1, 0.15) is 10.4 Å². The van der Waals surface area contributed by atoms with Crippen LogP contribution >= 0.6 is 0 Å². The quantitative estimate of drug-likeness (QED) is 0.436. The molecule has 0 bridgehead atoms. The molecule has 0 radical (unpaired) electrons.